The summed E-state index contributed by atoms with van der Waals surface area (Å²) in [5, 5.41) is 4.70. The van der Waals surface area contributed by atoms with Gasteiger partial charge in [-0.05, 0) is 61.2 Å². The summed E-state index contributed by atoms with van der Waals surface area (Å²) in [5.41, 5.74) is 4.41. The van der Waals surface area contributed by atoms with Crippen LogP contribution in [-0.2, 0) is 0 Å². The molecule has 2 aromatic heterocycles. The predicted octanol–water partition coefficient (Wildman–Crippen LogP) is 6.00. The minimum absolute atomic E-state index is 0.100. The lowest BCUT2D eigenvalue weighted by Crippen LogP contribution is -2.12. The molecule has 0 aliphatic heterocycles. The second-order valence-corrected chi connectivity index (χ2v) is 7.46. The highest BCUT2D eigenvalue weighted by atomic mass is 79.9. The zero-order chi connectivity index (χ0) is 17.3. The summed E-state index contributed by atoms with van der Waals surface area (Å²) in [4.78, 5) is 9.39. The Morgan fingerprint density at radius 3 is 2.50 bits per heavy atom. The molecule has 3 nitrogen and oxygen atoms in total. The van der Waals surface area contributed by atoms with Crippen molar-refractivity contribution in [1.82, 2.24) is 9.97 Å². The third kappa shape index (κ3) is 3.59. The van der Waals surface area contributed by atoms with Crippen molar-refractivity contribution in [2.75, 3.05) is 5.32 Å². The maximum atomic E-state index is 4.86. The van der Waals surface area contributed by atoms with Gasteiger partial charge in [0, 0.05) is 16.1 Å². The zero-order valence-corrected chi connectivity index (χ0v) is 16.1. The van der Waals surface area contributed by atoms with Crippen LogP contribution in [0.4, 0.5) is 5.82 Å². The van der Waals surface area contributed by atoms with E-state index >= 15 is 0 Å². The lowest BCUT2D eigenvalue weighted by atomic mass is 10.0. The molecule has 0 bridgehead atoms. The van der Waals surface area contributed by atoms with E-state index in [1.165, 1.54) is 11.1 Å². The molecule has 4 heteroatoms. The lowest BCUT2D eigenvalue weighted by molar-refractivity contribution is 0.809. The van der Waals surface area contributed by atoms with Crippen molar-refractivity contribution in [3.63, 3.8) is 0 Å². The fourth-order valence-corrected chi connectivity index (χ4v) is 3.11. The molecule has 1 aromatic carbocycles. The van der Waals surface area contributed by atoms with Crippen LogP contribution in [0.15, 0.2) is 47.1 Å². The fourth-order valence-electron chi connectivity index (χ4n) is 2.73. The topological polar surface area (TPSA) is 37.8 Å². The second kappa shape index (κ2) is 6.89. The van der Waals surface area contributed by atoms with E-state index in [2.05, 4.69) is 78.2 Å². The molecule has 24 heavy (non-hydrogen) atoms. The lowest BCUT2D eigenvalue weighted by Gasteiger charge is -2.19. The van der Waals surface area contributed by atoms with Crippen molar-refractivity contribution in [2.24, 2.45) is 0 Å². The van der Waals surface area contributed by atoms with Crippen molar-refractivity contribution >= 4 is 32.7 Å². The summed E-state index contributed by atoms with van der Waals surface area (Å²) in [6, 6.07) is 12.7. The number of nitrogens with one attached hydrogen (secondary N) is 1. The molecular formula is C20H22BrN3. The number of rotatable bonds is 4. The van der Waals surface area contributed by atoms with Gasteiger partial charge in [-0.3, -0.25) is 4.98 Å². The Morgan fingerprint density at radius 2 is 1.83 bits per heavy atom. The number of benzene rings is 1. The Balaban J connectivity index is 1.99. The number of pyridine rings is 2. The molecule has 0 aliphatic rings. The van der Waals surface area contributed by atoms with Gasteiger partial charge in [-0.15, -0.1) is 0 Å². The van der Waals surface area contributed by atoms with Crippen LogP contribution in [0.1, 0.15) is 49.6 Å². The Hall–Kier alpha value is -1.94. The molecule has 0 saturated heterocycles. The normalized spacial score (nSPS) is 12.6. The van der Waals surface area contributed by atoms with E-state index in [4.69, 9.17) is 4.98 Å². The van der Waals surface area contributed by atoms with E-state index in [-0.39, 0.29) is 6.04 Å². The summed E-state index contributed by atoms with van der Waals surface area (Å²) in [5.74, 6) is 1.33. The molecule has 3 aromatic rings. The van der Waals surface area contributed by atoms with E-state index in [0.29, 0.717) is 5.92 Å². The Labute approximate surface area is 151 Å². The second-order valence-electron chi connectivity index (χ2n) is 6.54. The molecular weight excluding hydrogens is 362 g/mol. The van der Waals surface area contributed by atoms with E-state index < -0.39 is 0 Å². The number of hydrogen-bond donors (Lipinski definition) is 1. The largest absolute Gasteiger partial charge is 0.362 e. The molecule has 1 N–H and O–H groups in total. The highest BCUT2D eigenvalue weighted by Gasteiger charge is 2.14. The molecule has 0 spiro atoms. The van der Waals surface area contributed by atoms with Crippen LogP contribution in [0.2, 0.25) is 0 Å². The summed E-state index contributed by atoms with van der Waals surface area (Å²) in [7, 11) is 0. The van der Waals surface area contributed by atoms with Crippen LogP contribution in [-0.4, -0.2) is 9.97 Å². The van der Waals surface area contributed by atoms with Gasteiger partial charge in [0.25, 0.3) is 0 Å². The predicted molar refractivity (Wildman–Crippen MR) is 105 cm³/mol. The van der Waals surface area contributed by atoms with Gasteiger partial charge in [-0.1, -0.05) is 35.8 Å². The average molecular weight is 384 g/mol. The number of nitrogens with zero attached hydrogens (tertiary/aromatic N) is 2. The first kappa shape index (κ1) is 16.9. The number of halogens is 1. The first-order valence-electron chi connectivity index (χ1n) is 8.23. The molecule has 3 rings (SSSR count). The molecule has 0 aliphatic carbocycles. The highest BCUT2D eigenvalue weighted by molar-refractivity contribution is 9.10. The monoisotopic (exact) mass is 383 g/mol. The van der Waals surface area contributed by atoms with E-state index in [1.807, 2.05) is 18.3 Å². The molecule has 1 atom stereocenters. The van der Waals surface area contributed by atoms with Gasteiger partial charge in [0.2, 0.25) is 0 Å². The third-order valence-electron chi connectivity index (χ3n) is 4.16. The van der Waals surface area contributed by atoms with Gasteiger partial charge < -0.3 is 5.32 Å². The quantitative estimate of drug-likeness (QED) is 0.600. The van der Waals surface area contributed by atoms with Gasteiger partial charge >= 0.3 is 0 Å². The third-order valence-corrected chi connectivity index (χ3v) is 4.65. The maximum Gasteiger partial charge on any atom is 0.130 e. The Morgan fingerprint density at radius 1 is 1.04 bits per heavy atom. The van der Waals surface area contributed by atoms with Crippen molar-refractivity contribution in [3.05, 3.63) is 63.9 Å². The molecule has 0 saturated carbocycles. The van der Waals surface area contributed by atoms with Crippen molar-refractivity contribution in [3.8, 4) is 0 Å². The SMILES string of the molecule is Cc1ccc(C(C)Nc2nc3ccc(Br)cc3cc2C(C)C)nc1. The number of aryl methyl sites for hydroxylation is 1. The molecule has 0 radical (unpaired) electrons. The van der Waals surface area contributed by atoms with Crippen LogP contribution in [0.3, 0.4) is 0 Å². The highest BCUT2D eigenvalue weighted by Crippen LogP contribution is 2.30. The van der Waals surface area contributed by atoms with Gasteiger partial charge in [0.05, 0.1) is 17.3 Å². The molecule has 2 heterocycles. The van der Waals surface area contributed by atoms with Crippen LogP contribution >= 0.6 is 15.9 Å². The summed E-state index contributed by atoms with van der Waals surface area (Å²) in [6.45, 7) is 8.56. The first-order chi connectivity index (χ1) is 11.4. The zero-order valence-electron chi connectivity index (χ0n) is 14.5. The smallest absolute Gasteiger partial charge is 0.130 e. The van der Waals surface area contributed by atoms with E-state index in [1.54, 1.807) is 0 Å². The van der Waals surface area contributed by atoms with Gasteiger partial charge in [0.1, 0.15) is 5.82 Å². The Kier molecular flexibility index (Phi) is 4.86. The number of hydrogen-bond acceptors (Lipinski definition) is 3. The van der Waals surface area contributed by atoms with Crippen LogP contribution in [0.5, 0.6) is 0 Å². The fraction of sp³-hybridized carbons (Fsp3) is 0.300. The summed E-state index contributed by atoms with van der Waals surface area (Å²) >= 11 is 3.54. The minimum Gasteiger partial charge on any atom is -0.362 e. The maximum absolute atomic E-state index is 4.86. The van der Waals surface area contributed by atoms with Gasteiger partial charge in [-0.25, -0.2) is 4.98 Å². The van der Waals surface area contributed by atoms with Crippen LogP contribution in [0.25, 0.3) is 10.9 Å². The van der Waals surface area contributed by atoms with Crippen molar-refractivity contribution < 1.29 is 0 Å². The van der Waals surface area contributed by atoms with Crippen molar-refractivity contribution in [2.45, 2.75) is 39.7 Å². The summed E-state index contributed by atoms with van der Waals surface area (Å²) < 4.78 is 1.07. The summed E-state index contributed by atoms with van der Waals surface area (Å²) in [6.07, 6.45) is 1.90. The molecule has 0 amide bonds. The minimum atomic E-state index is 0.100. The van der Waals surface area contributed by atoms with Crippen LogP contribution in [0, 0.1) is 6.92 Å². The number of aromatic nitrogens is 2. The molecule has 1 unspecified atom stereocenters. The standard InChI is InChI=1S/C20H22BrN3/c1-12(2)17-10-15-9-16(21)6-8-19(15)24-20(17)23-14(4)18-7-5-13(3)11-22-18/h5-12,14H,1-4H3,(H,23,24). The van der Waals surface area contributed by atoms with E-state index in [0.717, 1.165) is 26.9 Å². The van der Waals surface area contributed by atoms with E-state index in [9.17, 15) is 0 Å². The molecule has 0 fully saturated rings. The molecule has 124 valence electrons. The number of fused-ring (bicyclic) bond motifs is 1. The van der Waals surface area contributed by atoms with Crippen molar-refractivity contribution in [1.29, 1.82) is 0 Å². The van der Waals surface area contributed by atoms with Crippen LogP contribution < -0.4 is 5.32 Å². The van der Waals surface area contributed by atoms with Gasteiger partial charge in [-0.2, -0.15) is 0 Å². The Bertz CT molecular complexity index is 857. The average Bonchev–Trinajstić information content (AvgIpc) is 2.54. The first-order valence-corrected chi connectivity index (χ1v) is 9.02. The number of anilines is 1. The van der Waals surface area contributed by atoms with Gasteiger partial charge in [0.15, 0.2) is 0 Å².